The number of aromatic nitrogens is 1. The van der Waals surface area contributed by atoms with E-state index >= 15 is 0 Å². The van der Waals surface area contributed by atoms with E-state index in [-0.39, 0.29) is 11.5 Å². The second-order valence-corrected chi connectivity index (χ2v) is 3.29. The zero-order valence-corrected chi connectivity index (χ0v) is 9.71. The molecule has 1 heterocycles. The number of isothiocyanates is 1. The Morgan fingerprint density at radius 2 is 2.22 bits per heavy atom. The summed E-state index contributed by atoms with van der Waals surface area (Å²) in [5.74, 6) is -0.247. The van der Waals surface area contributed by atoms with E-state index in [1.807, 2.05) is 5.16 Å². The van der Waals surface area contributed by atoms with Gasteiger partial charge in [-0.05, 0) is 18.3 Å². The van der Waals surface area contributed by atoms with Crippen LogP contribution >= 0.6 is 12.2 Å². The van der Waals surface area contributed by atoms with Crippen molar-refractivity contribution in [3.8, 4) is 0 Å². The van der Waals surface area contributed by atoms with E-state index in [0.717, 1.165) is 7.05 Å². The molecule has 0 aliphatic heterocycles. The quantitative estimate of drug-likeness (QED) is 0.666. The Kier molecular flexibility index (Phi) is 4.00. The lowest BCUT2D eigenvalue weighted by Gasteiger charge is -2.16. The number of carbonyl (C=O) groups is 1. The van der Waals surface area contributed by atoms with Crippen LogP contribution in [0.15, 0.2) is 17.3 Å². The lowest BCUT2D eigenvalue weighted by atomic mass is 10.2. The van der Waals surface area contributed by atoms with E-state index in [9.17, 15) is 18.0 Å². The van der Waals surface area contributed by atoms with Crippen molar-refractivity contribution in [1.82, 2.24) is 4.98 Å². The monoisotopic (exact) mass is 277 g/mol. The number of carboxylic acid groups (broad SMARTS) is 1. The minimum atomic E-state index is -4.62. The van der Waals surface area contributed by atoms with Gasteiger partial charge in [-0.2, -0.15) is 18.2 Å². The molecular weight excluding hydrogens is 271 g/mol. The average Bonchev–Trinajstić information content (AvgIpc) is 2.27. The molecule has 0 unspecified atom stereocenters. The second-order valence-electron chi connectivity index (χ2n) is 3.11. The van der Waals surface area contributed by atoms with Gasteiger partial charge in [0, 0.05) is 13.2 Å². The second kappa shape index (κ2) is 5.11. The predicted octanol–water partition coefficient (Wildman–Crippen LogP) is 2.95. The van der Waals surface area contributed by atoms with Crippen LogP contribution in [0.5, 0.6) is 0 Å². The molecule has 1 amide bonds. The van der Waals surface area contributed by atoms with E-state index in [0.29, 0.717) is 17.2 Å². The number of hydrogen-bond donors (Lipinski definition) is 1. The van der Waals surface area contributed by atoms with Crippen molar-refractivity contribution in [3.05, 3.63) is 17.8 Å². The fraction of sp³-hybridized carbons (Fsp3) is 0.222. The maximum atomic E-state index is 12.5. The van der Waals surface area contributed by atoms with Gasteiger partial charge in [0.1, 0.15) is 0 Å². The summed E-state index contributed by atoms with van der Waals surface area (Å²) < 4.78 is 37.4. The van der Waals surface area contributed by atoms with Gasteiger partial charge in [0.25, 0.3) is 0 Å². The van der Waals surface area contributed by atoms with Crippen molar-refractivity contribution >= 4 is 35.0 Å². The highest BCUT2D eigenvalue weighted by atomic mass is 32.1. The van der Waals surface area contributed by atoms with Crippen LogP contribution in [0.25, 0.3) is 0 Å². The molecule has 0 aliphatic carbocycles. The van der Waals surface area contributed by atoms with Crippen LogP contribution in [0.4, 0.5) is 29.5 Å². The molecule has 1 aromatic heterocycles. The minimum absolute atomic E-state index is 0.247. The first kappa shape index (κ1) is 14.1. The van der Waals surface area contributed by atoms with E-state index in [2.05, 4.69) is 22.2 Å². The van der Waals surface area contributed by atoms with Crippen LogP contribution < -0.4 is 4.90 Å². The maximum absolute atomic E-state index is 12.5. The van der Waals surface area contributed by atoms with Gasteiger partial charge in [-0.15, -0.1) is 0 Å². The fourth-order valence-electron chi connectivity index (χ4n) is 1.08. The number of anilines is 1. The molecule has 1 N–H and O–H groups in total. The SMILES string of the molecule is CN(C(=O)O)c1cc(C(F)(F)F)cnc1N=C=S. The summed E-state index contributed by atoms with van der Waals surface area (Å²) in [5, 5.41) is 10.7. The van der Waals surface area contributed by atoms with Crippen molar-refractivity contribution < 1.29 is 23.1 Å². The fourth-order valence-corrected chi connectivity index (χ4v) is 1.17. The minimum Gasteiger partial charge on any atom is -0.465 e. The Balaban J connectivity index is 3.42. The molecule has 96 valence electrons. The van der Waals surface area contributed by atoms with Crippen molar-refractivity contribution in [2.75, 3.05) is 11.9 Å². The Morgan fingerprint density at radius 1 is 1.61 bits per heavy atom. The first-order valence-corrected chi connectivity index (χ1v) is 4.80. The number of alkyl halides is 3. The van der Waals surface area contributed by atoms with Crippen LogP contribution in [0, 0.1) is 0 Å². The Morgan fingerprint density at radius 3 is 2.67 bits per heavy atom. The third-order valence-corrected chi connectivity index (χ3v) is 2.07. The molecule has 0 saturated heterocycles. The van der Waals surface area contributed by atoms with E-state index in [4.69, 9.17) is 5.11 Å². The number of aliphatic imine (C=N–C) groups is 1. The summed E-state index contributed by atoms with van der Waals surface area (Å²) >= 11 is 4.31. The first-order valence-electron chi connectivity index (χ1n) is 4.39. The average molecular weight is 277 g/mol. The van der Waals surface area contributed by atoms with E-state index < -0.39 is 17.8 Å². The highest BCUT2D eigenvalue weighted by molar-refractivity contribution is 7.78. The van der Waals surface area contributed by atoms with Crippen LogP contribution in [-0.4, -0.2) is 28.4 Å². The predicted molar refractivity (Wildman–Crippen MR) is 60.4 cm³/mol. The number of rotatable bonds is 2. The van der Waals surface area contributed by atoms with Gasteiger partial charge in [-0.3, -0.25) is 4.90 Å². The molecule has 18 heavy (non-hydrogen) atoms. The van der Waals surface area contributed by atoms with Gasteiger partial charge in [0.15, 0.2) is 5.82 Å². The van der Waals surface area contributed by atoms with Gasteiger partial charge in [0.05, 0.1) is 16.4 Å². The number of amides is 1. The molecule has 0 saturated carbocycles. The molecule has 0 aliphatic rings. The summed E-state index contributed by atoms with van der Waals surface area (Å²) in [7, 11) is 1.07. The topological polar surface area (TPSA) is 65.8 Å². The lowest BCUT2D eigenvalue weighted by Crippen LogP contribution is -2.24. The van der Waals surface area contributed by atoms with Crippen molar-refractivity contribution in [2.45, 2.75) is 6.18 Å². The molecule has 9 heteroatoms. The molecule has 0 spiro atoms. The van der Waals surface area contributed by atoms with Gasteiger partial charge in [0.2, 0.25) is 0 Å². The molecule has 1 aromatic rings. The zero-order valence-electron chi connectivity index (χ0n) is 8.89. The van der Waals surface area contributed by atoms with Gasteiger partial charge < -0.3 is 5.11 Å². The number of halogens is 3. The molecule has 0 fully saturated rings. The number of nitrogens with zero attached hydrogens (tertiary/aromatic N) is 3. The summed E-state index contributed by atoms with van der Waals surface area (Å²) in [6, 6.07) is 0.632. The standard InChI is InChI=1S/C9H6F3N3O2S/c1-15(8(16)17)6-2-5(9(10,11)12)3-13-7(6)14-4-18/h2-3H,1H3,(H,16,17). The number of hydrogen-bond acceptors (Lipinski definition) is 4. The third-order valence-electron chi connectivity index (χ3n) is 1.97. The Labute approximate surface area is 105 Å². The zero-order chi connectivity index (χ0) is 13.9. The molecule has 5 nitrogen and oxygen atoms in total. The van der Waals surface area contributed by atoms with Gasteiger partial charge >= 0.3 is 12.3 Å². The summed E-state index contributed by atoms with van der Waals surface area (Å²) in [4.78, 5) is 18.1. The number of pyridine rings is 1. The molecule has 1 rings (SSSR count). The van der Waals surface area contributed by atoms with Crippen molar-refractivity contribution in [1.29, 1.82) is 0 Å². The van der Waals surface area contributed by atoms with Gasteiger partial charge in [-0.1, -0.05) is 0 Å². The summed E-state index contributed by atoms with van der Waals surface area (Å²) in [6.45, 7) is 0. The van der Waals surface area contributed by atoms with Crippen LogP contribution in [-0.2, 0) is 6.18 Å². The van der Waals surface area contributed by atoms with Crippen LogP contribution in [0.1, 0.15) is 5.56 Å². The molecular formula is C9H6F3N3O2S. The highest BCUT2D eigenvalue weighted by Crippen LogP contribution is 2.34. The van der Waals surface area contributed by atoms with Crippen LogP contribution in [0.3, 0.4) is 0 Å². The maximum Gasteiger partial charge on any atom is 0.417 e. The van der Waals surface area contributed by atoms with Crippen molar-refractivity contribution in [3.63, 3.8) is 0 Å². The van der Waals surface area contributed by atoms with Crippen LogP contribution in [0.2, 0.25) is 0 Å². The smallest absolute Gasteiger partial charge is 0.417 e. The normalized spacial score (nSPS) is 10.7. The lowest BCUT2D eigenvalue weighted by molar-refractivity contribution is -0.137. The first-order chi connectivity index (χ1) is 8.27. The van der Waals surface area contributed by atoms with Crippen molar-refractivity contribution in [2.24, 2.45) is 4.99 Å². The summed E-state index contributed by atoms with van der Waals surface area (Å²) in [6.07, 6.45) is -5.52. The Hall–Kier alpha value is -1.99. The third kappa shape index (κ3) is 3.02. The van der Waals surface area contributed by atoms with E-state index in [1.165, 1.54) is 0 Å². The largest absolute Gasteiger partial charge is 0.465 e. The van der Waals surface area contributed by atoms with Gasteiger partial charge in [-0.25, -0.2) is 9.78 Å². The Bertz CT molecular complexity index is 526. The molecule has 0 bridgehead atoms. The molecule has 0 aromatic carbocycles. The molecule has 0 atom stereocenters. The summed E-state index contributed by atoms with van der Waals surface area (Å²) in [5.41, 5.74) is -1.40. The number of thiocarbonyl (C=S) groups is 1. The highest BCUT2D eigenvalue weighted by Gasteiger charge is 2.32. The van der Waals surface area contributed by atoms with E-state index in [1.54, 1.807) is 0 Å². The molecule has 0 radical (unpaired) electrons.